The summed E-state index contributed by atoms with van der Waals surface area (Å²) in [5.74, 6) is 0.890. The van der Waals surface area contributed by atoms with Crippen LogP contribution in [-0.2, 0) is 11.3 Å². The van der Waals surface area contributed by atoms with Crippen molar-refractivity contribution in [3.8, 4) is 0 Å². The first-order valence-corrected chi connectivity index (χ1v) is 7.11. The molecule has 2 aromatic heterocycles. The van der Waals surface area contributed by atoms with Gasteiger partial charge in [0.1, 0.15) is 11.3 Å². The highest BCUT2D eigenvalue weighted by Crippen LogP contribution is 2.31. The topological polar surface area (TPSA) is 39.9 Å². The van der Waals surface area contributed by atoms with Gasteiger partial charge in [-0.05, 0) is 32.8 Å². The first-order chi connectivity index (χ1) is 9.09. The van der Waals surface area contributed by atoms with Gasteiger partial charge in [-0.3, -0.25) is 4.98 Å². The van der Waals surface area contributed by atoms with Crippen LogP contribution in [0.4, 0.5) is 0 Å². The zero-order valence-corrected chi connectivity index (χ0v) is 12.0. The molecular formula is C14H18ClN3O. The van der Waals surface area contributed by atoms with E-state index < -0.39 is 0 Å². The smallest absolute Gasteiger partial charge is 0.127 e. The molecule has 19 heavy (non-hydrogen) atoms. The second-order valence-electron chi connectivity index (χ2n) is 5.44. The Morgan fingerprint density at radius 1 is 1.58 bits per heavy atom. The van der Waals surface area contributed by atoms with Gasteiger partial charge in [-0.25, -0.2) is 4.98 Å². The Labute approximate surface area is 117 Å². The van der Waals surface area contributed by atoms with Gasteiger partial charge in [-0.1, -0.05) is 0 Å². The highest BCUT2D eigenvalue weighted by atomic mass is 35.5. The molecule has 0 aromatic carbocycles. The van der Waals surface area contributed by atoms with Crippen molar-refractivity contribution >= 4 is 22.6 Å². The summed E-state index contributed by atoms with van der Waals surface area (Å²) in [6.45, 7) is 5.75. The van der Waals surface area contributed by atoms with Gasteiger partial charge in [-0.2, -0.15) is 0 Å². The van der Waals surface area contributed by atoms with Crippen molar-refractivity contribution in [1.29, 1.82) is 0 Å². The summed E-state index contributed by atoms with van der Waals surface area (Å²) >= 11 is 6.27. The predicted octanol–water partition coefficient (Wildman–Crippen LogP) is 3.30. The van der Waals surface area contributed by atoms with E-state index in [0.717, 1.165) is 42.9 Å². The van der Waals surface area contributed by atoms with Crippen LogP contribution in [0.15, 0.2) is 18.5 Å². The fourth-order valence-corrected chi connectivity index (χ4v) is 2.93. The summed E-state index contributed by atoms with van der Waals surface area (Å²) in [6.07, 6.45) is 5.78. The molecule has 0 bridgehead atoms. The van der Waals surface area contributed by atoms with Crippen molar-refractivity contribution in [3.63, 3.8) is 0 Å². The number of pyridine rings is 1. The molecule has 2 atom stereocenters. The molecule has 3 rings (SSSR count). The van der Waals surface area contributed by atoms with Gasteiger partial charge < -0.3 is 9.30 Å². The summed E-state index contributed by atoms with van der Waals surface area (Å²) in [5.41, 5.74) is 1.86. The van der Waals surface area contributed by atoms with Crippen molar-refractivity contribution < 1.29 is 4.74 Å². The van der Waals surface area contributed by atoms with Crippen LogP contribution in [0.2, 0.25) is 0 Å². The molecule has 1 aliphatic heterocycles. The lowest BCUT2D eigenvalue weighted by atomic mass is 10.0. The average Bonchev–Trinajstić information content (AvgIpc) is 2.95. The third-order valence-electron chi connectivity index (χ3n) is 3.73. The lowest BCUT2D eigenvalue weighted by molar-refractivity contribution is 0.00649. The first-order valence-electron chi connectivity index (χ1n) is 6.67. The molecule has 0 N–H and O–H groups in total. The zero-order valence-electron chi connectivity index (χ0n) is 11.3. The van der Waals surface area contributed by atoms with Crippen molar-refractivity contribution in [2.75, 3.05) is 6.61 Å². The van der Waals surface area contributed by atoms with Crippen LogP contribution >= 0.6 is 11.6 Å². The zero-order chi connectivity index (χ0) is 13.5. The van der Waals surface area contributed by atoms with E-state index in [1.165, 1.54) is 0 Å². The Bertz CT molecular complexity index is 587. The highest BCUT2D eigenvalue weighted by Gasteiger charge is 2.32. The second kappa shape index (κ2) is 4.76. The van der Waals surface area contributed by atoms with E-state index in [0.29, 0.717) is 0 Å². The predicted molar refractivity (Wildman–Crippen MR) is 75.4 cm³/mol. The molecule has 0 spiro atoms. The molecular weight excluding hydrogens is 262 g/mol. The number of hydrogen-bond donors (Lipinski definition) is 0. The van der Waals surface area contributed by atoms with E-state index in [9.17, 15) is 0 Å². The second-order valence-corrected chi connectivity index (χ2v) is 6.09. The van der Waals surface area contributed by atoms with Gasteiger partial charge in [0, 0.05) is 12.8 Å². The Hall–Kier alpha value is -1.13. The van der Waals surface area contributed by atoms with Gasteiger partial charge in [0.05, 0.1) is 29.2 Å². The summed E-state index contributed by atoms with van der Waals surface area (Å²) in [6, 6.07) is 1.99. The molecule has 0 amide bonds. The van der Waals surface area contributed by atoms with E-state index in [4.69, 9.17) is 16.3 Å². The van der Waals surface area contributed by atoms with E-state index in [1.807, 2.05) is 13.0 Å². The molecule has 2 aromatic rings. The Morgan fingerprint density at radius 2 is 2.42 bits per heavy atom. The van der Waals surface area contributed by atoms with Gasteiger partial charge in [0.25, 0.3) is 0 Å². The molecule has 1 aliphatic rings. The summed E-state index contributed by atoms with van der Waals surface area (Å²) in [5, 5.41) is -0.127. The first kappa shape index (κ1) is 12.9. The van der Waals surface area contributed by atoms with Gasteiger partial charge >= 0.3 is 0 Å². The molecule has 4 nitrogen and oxygen atoms in total. The van der Waals surface area contributed by atoms with Crippen molar-refractivity contribution in [3.05, 3.63) is 24.3 Å². The quantitative estimate of drug-likeness (QED) is 0.810. The number of ether oxygens (including phenoxy) is 1. The SMILES string of the molecule is CC(Cl)c1nc2cnccc2n1CC1(C)CCCO1. The summed E-state index contributed by atoms with van der Waals surface area (Å²) in [4.78, 5) is 8.72. The Kier molecular flexibility index (Phi) is 3.23. The lowest BCUT2D eigenvalue weighted by Crippen LogP contribution is -2.30. The van der Waals surface area contributed by atoms with Crippen LogP contribution in [0.1, 0.15) is 37.9 Å². The normalized spacial score (nSPS) is 25.0. The fourth-order valence-electron chi connectivity index (χ4n) is 2.77. The van der Waals surface area contributed by atoms with E-state index >= 15 is 0 Å². The summed E-state index contributed by atoms with van der Waals surface area (Å²) in [7, 11) is 0. The number of halogens is 1. The molecule has 2 unspecified atom stereocenters. The average molecular weight is 280 g/mol. The number of rotatable bonds is 3. The minimum Gasteiger partial charge on any atom is -0.373 e. The minimum absolute atomic E-state index is 0.114. The Morgan fingerprint density at radius 3 is 3.11 bits per heavy atom. The Balaban J connectivity index is 2.07. The van der Waals surface area contributed by atoms with Crippen LogP contribution < -0.4 is 0 Å². The van der Waals surface area contributed by atoms with Crippen molar-refractivity contribution in [2.24, 2.45) is 0 Å². The van der Waals surface area contributed by atoms with Crippen molar-refractivity contribution in [1.82, 2.24) is 14.5 Å². The van der Waals surface area contributed by atoms with E-state index in [-0.39, 0.29) is 11.0 Å². The monoisotopic (exact) mass is 279 g/mol. The largest absolute Gasteiger partial charge is 0.373 e. The van der Waals surface area contributed by atoms with Crippen LogP contribution in [-0.4, -0.2) is 26.7 Å². The van der Waals surface area contributed by atoms with Crippen molar-refractivity contribution in [2.45, 2.75) is 44.2 Å². The van der Waals surface area contributed by atoms with Crippen LogP contribution in [0, 0.1) is 0 Å². The van der Waals surface area contributed by atoms with Crippen LogP contribution in [0.5, 0.6) is 0 Å². The molecule has 102 valence electrons. The maximum absolute atomic E-state index is 6.27. The molecule has 1 saturated heterocycles. The number of alkyl halides is 1. The van der Waals surface area contributed by atoms with Gasteiger partial charge in [-0.15, -0.1) is 11.6 Å². The number of imidazole rings is 1. The lowest BCUT2D eigenvalue weighted by Gasteiger charge is -2.25. The number of fused-ring (bicyclic) bond motifs is 1. The van der Waals surface area contributed by atoms with Crippen LogP contribution in [0.3, 0.4) is 0 Å². The maximum atomic E-state index is 6.27. The molecule has 0 aliphatic carbocycles. The minimum atomic E-state index is -0.127. The molecule has 5 heteroatoms. The highest BCUT2D eigenvalue weighted by molar-refractivity contribution is 6.20. The number of aromatic nitrogens is 3. The number of nitrogens with zero attached hydrogens (tertiary/aromatic N) is 3. The van der Waals surface area contributed by atoms with Crippen LogP contribution in [0.25, 0.3) is 11.0 Å². The summed E-state index contributed by atoms with van der Waals surface area (Å²) < 4.78 is 8.07. The van der Waals surface area contributed by atoms with Gasteiger partial charge in [0.15, 0.2) is 0 Å². The third-order valence-corrected chi connectivity index (χ3v) is 3.92. The number of hydrogen-bond acceptors (Lipinski definition) is 3. The van der Waals surface area contributed by atoms with E-state index in [2.05, 4.69) is 21.5 Å². The van der Waals surface area contributed by atoms with Gasteiger partial charge in [0.2, 0.25) is 0 Å². The third kappa shape index (κ3) is 2.35. The molecule has 0 saturated carbocycles. The molecule has 0 radical (unpaired) electrons. The van der Waals surface area contributed by atoms with E-state index in [1.54, 1.807) is 12.4 Å². The molecule has 3 heterocycles. The standard InChI is InChI=1S/C14H18ClN3O/c1-10(15)13-17-11-8-16-6-4-12(11)18(13)9-14(2)5-3-7-19-14/h4,6,8,10H,3,5,7,9H2,1-2H3. The fraction of sp³-hybridized carbons (Fsp3) is 0.571. The maximum Gasteiger partial charge on any atom is 0.127 e. The molecule has 1 fully saturated rings.